The van der Waals surface area contributed by atoms with Crippen molar-refractivity contribution in [2.24, 2.45) is 5.92 Å². The smallest absolute Gasteiger partial charge is 0.225 e. The van der Waals surface area contributed by atoms with E-state index >= 15 is 0 Å². The molecule has 4 rings (SSSR count). The lowest BCUT2D eigenvalue weighted by atomic mass is 9.93. The zero-order valence-electron chi connectivity index (χ0n) is 13.0. The van der Waals surface area contributed by atoms with Crippen LogP contribution in [0.3, 0.4) is 0 Å². The van der Waals surface area contributed by atoms with Crippen LogP contribution in [0.25, 0.3) is 0 Å². The molecule has 2 saturated heterocycles. The van der Waals surface area contributed by atoms with Gasteiger partial charge in [0.1, 0.15) is 12.0 Å². The van der Waals surface area contributed by atoms with Crippen LogP contribution in [0.5, 0.6) is 0 Å². The van der Waals surface area contributed by atoms with Crippen LogP contribution in [0.4, 0.5) is 0 Å². The Balaban J connectivity index is 1.47. The predicted molar refractivity (Wildman–Crippen MR) is 85.4 cm³/mol. The van der Waals surface area contributed by atoms with E-state index in [0.29, 0.717) is 18.6 Å². The highest BCUT2D eigenvalue weighted by atomic mass is 16.5. The van der Waals surface area contributed by atoms with Crippen LogP contribution in [0.2, 0.25) is 0 Å². The molecule has 5 heteroatoms. The number of aromatic nitrogens is 1. The molecule has 0 aliphatic carbocycles. The van der Waals surface area contributed by atoms with Crippen LogP contribution >= 0.6 is 0 Å². The molecule has 2 aromatic rings. The van der Waals surface area contributed by atoms with Gasteiger partial charge in [-0.25, -0.2) is 0 Å². The van der Waals surface area contributed by atoms with E-state index in [4.69, 9.17) is 4.52 Å². The Morgan fingerprint density at radius 2 is 2.17 bits per heavy atom. The number of nitrogens with zero attached hydrogens (tertiary/aromatic N) is 2. The molecule has 1 aromatic heterocycles. The third-order valence-electron chi connectivity index (χ3n) is 5.14. The highest BCUT2D eigenvalue weighted by Crippen LogP contribution is 2.44. The third-order valence-corrected chi connectivity index (χ3v) is 5.14. The SMILES string of the molecule is O=C(NCc1ccon1)[C@H]1C[C@@H](c2ccccc2)N2CCC[C@H]12. The minimum Gasteiger partial charge on any atom is -0.364 e. The van der Waals surface area contributed by atoms with Gasteiger partial charge in [0.2, 0.25) is 5.91 Å². The van der Waals surface area contributed by atoms with E-state index < -0.39 is 0 Å². The normalized spacial score (nSPS) is 27.0. The van der Waals surface area contributed by atoms with E-state index in [9.17, 15) is 4.79 Å². The Morgan fingerprint density at radius 3 is 2.96 bits per heavy atom. The number of hydrogen-bond acceptors (Lipinski definition) is 4. The summed E-state index contributed by atoms with van der Waals surface area (Å²) in [6.45, 7) is 1.53. The Labute approximate surface area is 135 Å². The van der Waals surface area contributed by atoms with Gasteiger partial charge < -0.3 is 9.84 Å². The maximum absolute atomic E-state index is 12.7. The summed E-state index contributed by atoms with van der Waals surface area (Å²) in [7, 11) is 0. The molecule has 2 aliphatic heterocycles. The van der Waals surface area contributed by atoms with E-state index in [2.05, 4.69) is 39.6 Å². The molecule has 3 heterocycles. The predicted octanol–water partition coefficient (Wildman–Crippen LogP) is 2.52. The zero-order chi connectivity index (χ0) is 15.6. The van der Waals surface area contributed by atoms with Gasteiger partial charge in [-0.2, -0.15) is 0 Å². The van der Waals surface area contributed by atoms with Gasteiger partial charge >= 0.3 is 0 Å². The van der Waals surface area contributed by atoms with Crippen molar-refractivity contribution in [3.8, 4) is 0 Å². The van der Waals surface area contributed by atoms with Gasteiger partial charge in [-0.1, -0.05) is 35.5 Å². The van der Waals surface area contributed by atoms with Gasteiger partial charge in [0.25, 0.3) is 0 Å². The second-order valence-electron chi connectivity index (χ2n) is 6.42. The van der Waals surface area contributed by atoms with Crippen LogP contribution < -0.4 is 5.32 Å². The monoisotopic (exact) mass is 311 g/mol. The summed E-state index contributed by atoms with van der Waals surface area (Å²) in [6.07, 6.45) is 4.73. The summed E-state index contributed by atoms with van der Waals surface area (Å²) in [5, 5.41) is 6.87. The summed E-state index contributed by atoms with van der Waals surface area (Å²) in [5.41, 5.74) is 2.09. The topological polar surface area (TPSA) is 58.4 Å². The summed E-state index contributed by atoms with van der Waals surface area (Å²) < 4.78 is 4.81. The Hall–Kier alpha value is -2.14. The summed E-state index contributed by atoms with van der Waals surface area (Å²) in [6, 6.07) is 13.1. The second-order valence-corrected chi connectivity index (χ2v) is 6.42. The molecule has 1 aromatic carbocycles. The van der Waals surface area contributed by atoms with E-state index in [0.717, 1.165) is 25.1 Å². The van der Waals surface area contributed by atoms with Gasteiger partial charge in [-0.15, -0.1) is 0 Å². The number of benzene rings is 1. The number of rotatable bonds is 4. The lowest BCUT2D eigenvalue weighted by Crippen LogP contribution is -2.37. The summed E-state index contributed by atoms with van der Waals surface area (Å²) >= 11 is 0. The molecular formula is C18H21N3O2. The van der Waals surface area contributed by atoms with Crippen molar-refractivity contribution < 1.29 is 9.32 Å². The van der Waals surface area contributed by atoms with Crippen LogP contribution in [-0.4, -0.2) is 28.6 Å². The first kappa shape index (κ1) is 14.5. The fourth-order valence-electron chi connectivity index (χ4n) is 4.09. The van der Waals surface area contributed by atoms with Crippen molar-refractivity contribution in [3.05, 3.63) is 53.9 Å². The van der Waals surface area contributed by atoms with Gasteiger partial charge in [0, 0.05) is 18.2 Å². The second kappa shape index (κ2) is 6.16. The molecule has 2 aliphatic rings. The minimum absolute atomic E-state index is 0.0645. The minimum atomic E-state index is 0.0645. The fourth-order valence-corrected chi connectivity index (χ4v) is 4.09. The molecule has 0 saturated carbocycles. The lowest BCUT2D eigenvalue weighted by molar-refractivity contribution is -0.125. The fraction of sp³-hybridized carbons (Fsp3) is 0.444. The molecule has 120 valence electrons. The number of fused-ring (bicyclic) bond motifs is 1. The van der Waals surface area contributed by atoms with Crippen LogP contribution in [0, 0.1) is 5.92 Å². The number of carbonyl (C=O) groups excluding carboxylic acids is 1. The van der Waals surface area contributed by atoms with E-state index in [-0.39, 0.29) is 11.8 Å². The van der Waals surface area contributed by atoms with Crippen molar-refractivity contribution in [2.45, 2.75) is 37.9 Å². The highest BCUT2D eigenvalue weighted by molar-refractivity contribution is 5.80. The molecule has 0 bridgehead atoms. The first-order chi connectivity index (χ1) is 11.3. The molecule has 23 heavy (non-hydrogen) atoms. The Morgan fingerprint density at radius 1 is 1.30 bits per heavy atom. The molecule has 0 radical (unpaired) electrons. The van der Waals surface area contributed by atoms with E-state index in [1.165, 1.54) is 18.2 Å². The van der Waals surface area contributed by atoms with Crippen molar-refractivity contribution in [2.75, 3.05) is 6.54 Å². The summed E-state index contributed by atoms with van der Waals surface area (Å²) in [4.78, 5) is 15.2. The van der Waals surface area contributed by atoms with Crippen molar-refractivity contribution >= 4 is 5.91 Å². The first-order valence-electron chi connectivity index (χ1n) is 8.30. The zero-order valence-corrected chi connectivity index (χ0v) is 13.0. The molecule has 1 N–H and O–H groups in total. The van der Waals surface area contributed by atoms with E-state index in [1.54, 1.807) is 6.07 Å². The molecule has 0 unspecified atom stereocenters. The average Bonchev–Trinajstić information content (AvgIpc) is 3.30. The molecule has 0 spiro atoms. The molecular weight excluding hydrogens is 290 g/mol. The third kappa shape index (κ3) is 2.77. The Bertz CT molecular complexity index is 656. The standard InChI is InChI=1S/C18H21N3O2/c22-18(19-12-14-8-10-23-20-14)15-11-17(13-5-2-1-3-6-13)21-9-4-7-16(15)21/h1-3,5-6,8,10,15-17H,4,7,9,11-12H2,(H,19,22)/t15-,16+,17-/m0/s1. The van der Waals surface area contributed by atoms with Crippen LogP contribution in [-0.2, 0) is 11.3 Å². The molecule has 1 amide bonds. The van der Waals surface area contributed by atoms with Crippen molar-refractivity contribution in [1.29, 1.82) is 0 Å². The summed E-state index contributed by atoms with van der Waals surface area (Å²) in [5.74, 6) is 0.206. The van der Waals surface area contributed by atoms with Crippen LogP contribution in [0.15, 0.2) is 47.2 Å². The molecule has 3 atom stereocenters. The van der Waals surface area contributed by atoms with Crippen molar-refractivity contribution in [3.63, 3.8) is 0 Å². The molecule has 5 nitrogen and oxygen atoms in total. The average molecular weight is 311 g/mol. The van der Waals surface area contributed by atoms with E-state index in [1.807, 2.05) is 6.07 Å². The maximum atomic E-state index is 12.7. The molecule has 2 fully saturated rings. The van der Waals surface area contributed by atoms with Gasteiger partial charge in [-0.05, 0) is 31.4 Å². The number of amides is 1. The quantitative estimate of drug-likeness (QED) is 0.942. The number of carbonyl (C=O) groups is 1. The van der Waals surface area contributed by atoms with Gasteiger partial charge in [-0.3, -0.25) is 9.69 Å². The van der Waals surface area contributed by atoms with Gasteiger partial charge in [0.15, 0.2) is 0 Å². The number of hydrogen-bond donors (Lipinski definition) is 1. The van der Waals surface area contributed by atoms with Crippen LogP contribution in [0.1, 0.15) is 36.6 Å². The first-order valence-corrected chi connectivity index (χ1v) is 8.30. The lowest BCUT2D eigenvalue weighted by Gasteiger charge is -2.24. The maximum Gasteiger partial charge on any atom is 0.225 e. The van der Waals surface area contributed by atoms with Crippen molar-refractivity contribution in [1.82, 2.24) is 15.4 Å². The van der Waals surface area contributed by atoms with Gasteiger partial charge in [0.05, 0.1) is 12.5 Å². The Kier molecular flexibility index (Phi) is 3.87. The largest absolute Gasteiger partial charge is 0.364 e. The highest BCUT2D eigenvalue weighted by Gasteiger charge is 2.46. The number of nitrogens with one attached hydrogen (secondary N) is 1.